The van der Waals surface area contributed by atoms with E-state index in [4.69, 9.17) is 16.6 Å². The van der Waals surface area contributed by atoms with Crippen molar-refractivity contribution in [2.75, 3.05) is 17.7 Å². The molecule has 0 bridgehead atoms. The van der Waals surface area contributed by atoms with Gasteiger partial charge in [-0.25, -0.2) is 0 Å². The van der Waals surface area contributed by atoms with Crippen molar-refractivity contribution in [2.24, 2.45) is 5.73 Å². The van der Waals surface area contributed by atoms with Gasteiger partial charge in [0.25, 0.3) is 0 Å². The van der Waals surface area contributed by atoms with E-state index in [0.717, 1.165) is 12.1 Å². The summed E-state index contributed by atoms with van der Waals surface area (Å²) in [6, 6.07) is 1.32. The van der Waals surface area contributed by atoms with Gasteiger partial charge in [0.2, 0.25) is 5.91 Å². The summed E-state index contributed by atoms with van der Waals surface area (Å²) in [5.74, 6) is -0.816. The highest BCUT2D eigenvalue weighted by Crippen LogP contribution is 2.32. The molecule has 0 saturated carbocycles. The van der Waals surface area contributed by atoms with Crippen LogP contribution in [-0.2, 0) is 11.0 Å². The fourth-order valence-electron chi connectivity index (χ4n) is 1.15. The van der Waals surface area contributed by atoms with Crippen LogP contribution in [0.15, 0.2) is 18.2 Å². The Labute approximate surface area is 101 Å². The van der Waals surface area contributed by atoms with Gasteiger partial charge in [0.1, 0.15) is 6.04 Å². The molecule has 5 nitrogen and oxygen atoms in total. The predicted octanol–water partition coefficient (Wildman–Crippen LogP) is 0.546. The average molecular weight is 263 g/mol. The number of halogens is 3. The summed E-state index contributed by atoms with van der Waals surface area (Å²) in [4.78, 5) is 11.3. The van der Waals surface area contributed by atoms with Crippen LogP contribution in [0.1, 0.15) is 5.56 Å². The number of hydrogen-bond donors (Lipinski definition) is 4. The van der Waals surface area contributed by atoms with Crippen molar-refractivity contribution in [1.29, 1.82) is 0 Å². The summed E-state index contributed by atoms with van der Waals surface area (Å²) >= 11 is 0. The Morgan fingerprint density at radius 2 is 2.06 bits per heavy atom. The molecule has 0 aliphatic heterocycles. The van der Waals surface area contributed by atoms with Crippen LogP contribution in [0.4, 0.5) is 24.5 Å². The fraction of sp³-hybridized carbons (Fsp3) is 0.300. The first-order valence-corrected chi connectivity index (χ1v) is 4.89. The molecule has 8 heteroatoms. The third kappa shape index (κ3) is 3.34. The van der Waals surface area contributed by atoms with Gasteiger partial charge in [0.05, 0.1) is 23.5 Å². The first-order chi connectivity index (χ1) is 8.25. The first-order valence-electron chi connectivity index (χ1n) is 4.89. The lowest BCUT2D eigenvalue weighted by Gasteiger charge is -2.14. The van der Waals surface area contributed by atoms with E-state index < -0.39 is 30.3 Å². The third-order valence-electron chi connectivity index (χ3n) is 2.17. The number of hydrogen-bond acceptors (Lipinski definition) is 4. The van der Waals surface area contributed by atoms with Crippen molar-refractivity contribution in [3.63, 3.8) is 0 Å². The second kappa shape index (κ2) is 5.23. The third-order valence-corrected chi connectivity index (χ3v) is 2.17. The minimum atomic E-state index is -4.54. The van der Waals surface area contributed by atoms with E-state index in [1.165, 1.54) is 0 Å². The number of nitrogen functional groups attached to an aromatic ring is 1. The van der Waals surface area contributed by atoms with E-state index in [1.54, 1.807) is 0 Å². The fourth-order valence-corrected chi connectivity index (χ4v) is 1.15. The SMILES string of the molecule is Nc1ccc(C(F)(F)F)cc1NC(=O)C(N)CO. The molecule has 6 N–H and O–H groups in total. The van der Waals surface area contributed by atoms with Crippen LogP contribution in [0.5, 0.6) is 0 Å². The lowest BCUT2D eigenvalue weighted by molar-refractivity contribution is -0.137. The van der Waals surface area contributed by atoms with Gasteiger partial charge < -0.3 is 21.9 Å². The molecular formula is C10H12F3N3O2. The number of benzene rings is 1. The van der Waals surface area contributed by atoms with Crippen LogP contribution in [-0.4, -0.2) is 23.7 Å². The minimum absolute atomic E-state index is 0.0264. The average Bonchev–Trinajstić information content (AvgIpc) is 2.29. The Morgan fingerprint density at radius 1 is 1.44 bits per heavy atom. The van der Waals surface area contributed by atoms with Crippen LogP contribution in [0, 0.1) is 0 Å². The van der Waals surface area contributed by atoms with E-state index in [1.807, 2.05) is 0 Å². The van der Waals surface area contributed by atoms with E-state index in [0.29, 0.717) is 6.07 Å². The Balaban J connectivity index is 2.99. The second-order valence-electron chi connectivity index (χ2n) is 3.58. The normalized spacial score (nSPS) is 13.2. The maximum absolute atomic E-state index is 12.4. The second-order valence-corrected chi connectivity index (χ2v) is 3.58. The van der Waals surface area contributed by atoms with E-state index in [9.17, 15) is 18.0 Å². The topological polar surface area (TPSA) is 101 Å². The van der Waals surface area contributed by atoms with Crippen LogP contribution in [0.25, 0.3) is 0 Å². The molecule has 0 aliphatic carbocycles. The van der Waals surface area contributed by atoms with E-state index in [2.05, 4.69) is 5.32 Å². The molecular weight excluding hydrogens is 251 g/mol. The van der Waals surface area contributed by atoms with Gasteiger partial charge in [-0.3, -0.25) is 4.79 Å². The van der Waals surface area contributed by atoms with Crippen LogP contribution in [0.3, 0.4) is 0 Å². The molecule has 0 spiro atoms. The van der Waals surface area contributed by atoms with Gasteiger partial charge in [-0.1, -0.05) is 0 Å². The molecule has 1 amide bonds. The van der Waals surface area contributed by atoms with E-state index in [-0.39, 0.29) is 11.4 Å². The maximum Gasteiger partial charge on any atom is 0.416 e. The van der Waals surface area contributed by atoms with Crippen molar-refractivity contribution < 1.29 is 23.1 Å². The molecule has 1 aromatic carbocycles. The number of carbonyl (C=O) groups is 1. The molecule has 0 aliphatic rings. The van der Waals surface area contributed by atoms with Gasteiger partial charge in [-0.05, 0) is 18.2 Å². The zero-order chi connectivity index (χ0) is 13.9. The monoisotopic (exact) mass is 263 g/mol. The number of carbonyl (C=O) groups excluding carboxylic acids is 1. The van der Waals surface area contributed by atoms with Gasteiger partial charge >= 0.3 is 6.18 Å². The lowest BCUT2D eigenvalue weighted by Crippen LogP contribution is -2.38. The number of nitrogens with two attached hydrogens (primary N) is 2. The molecule has 1 aromatic rings. The number of nitrogens with one attached hydrogen (secondary N) is 1. The van der Waals surface area contributed by atoms with Crippen LogP contribution in [0.2, 0.25) is 0 Å². The van der Waals surface area contributed by atoms with Crippen molar-refractivity contribution in [2.45, 2.75) is 12.2 Å². The summed E-state index contributed by atoms with van der Waals surface area (Å²) in [5.41, 5.74) is 9.49. The molecule has 100 valence electrons. The summed E-state index contributed by atoms with van der Waals surface area (Å²) in [7, 11) is 0. The highest BCUT2D eigenvalue weighted by Gasteiger charge is 2.31. The molecule has 0 heterocycles. The van der Waals surface area contributed by atoms with Gasteiger partial charge in [-0.2, -0.15) is 13.2 Å². The number of aliphatic hydroxyl groups is 1. The molecule has 1 rings (SSSR count). The van der Waals surface area contributed by atoms with Crippen molar-refractivity contribution in [3.05, 3.63) is 23.8 Å². The van der Waals surface area contributed by atoms with Gasteiger partial charge in [0, 0.05) is 0 Å². The van der Waals surface area contributed by atoms with Gasteiger partial charge in [0.15, 0.2) is 0 Å². The highest BCUT2D eigenvalue weighted by atomic mass is 19.4. The molecule has 1 atom stereocenters. The maximum atomic E-state index is 12.4. The lowest BCUT2D eigenvalue weighted by atomic mass is 10.1. The van der Waals surface area contributed by atoms with Crippen LogP contribution >= 0.6 is 0 Å². The molecule has 1 unspecified atom stereocenters. The summed E-state index contributed by atoms with van der Waals surface area (Å²) in [6.45, 7) is -0.620. The summed E-state index contributed by atoms with van der Waals surface area (Å²) in [5, 5.41) is 10.8. The standard InChI is InChI=1S/C10H12F3N3O2/c11-10(12,13)5-1-2-6(14)8(3-5)16-9(18)7(15)4-17/h1-3,7,17H,4,14-15H2,(H,16,18). The smallest absolute Gasteiger partial charge is 0.397 e. The Morgan fingerprint density at radius 3 is 2.56 bits per heavy atom. The van der Waals surface area contributed by atoms with Crippen LogP contribution < -0.4 is 16.8 Å². The molecule has 0 radical (unpaired) electrons. The highest BCUT2D eigenvalue weighted by molar-refractivity contribution is 5.97. The molecule has 0 saturated heterocycles. The Kier molecular flexibility index (Phi) is 4.15. The summed E-state index contributed by atoms with van der Waals surface area (Å²) in [6.07, 6.45) is -4.54. The number of anilines is 2. The van der Waals surface area contributed by atoms with Gasteiger partial charge in [-0.15, -0.1) is 0 Å². The number of amides is 1. The number of rotatable bonds is 3. The zero-order valence-corrected chi connectivity index (χ0v) is 9.16. The predicted molar refractivity (Wildman–Crippen MR) is 59.5 cm³/mol. The summed E-state index contributed by atoms with van der Waals surface area (Å²) < 4.78 is 37.3. The zero-order valence-electron chi connectivity index (χ0n) is 9.16. The quantitative estimate of drug-likeness (QED) is 0.598. The van der Waals surface area contributed by atoms with Crippen molar-refractivity contribution >= 4 is 17.3 Å². The van der Waals surface area contributed by atoms with Crippen molar-refractivity contribution in [3.8, 4) is 0 Å². The number of alkyl halides is 3. The molecule has 0 fully saturated rings. The molecule has 0 aromatic heterocycles. The first kappa shape index (κ1) is 14.3. The number of aliphatic hydroxyl groups excluding tert-OH is 1. The van der Waals surface area contributed by atoms with Crippen molar-refractivity contribution in [1.82, 2.24) is 0 Å². The molecule has 18 heavy (non-hydrogen) atoms. The minimum Gasteiger partial charge on any atom is -0.397 e. The van der Waals surface area contributed by atoms with E-state index >= 15 is 0 Å². The Bertz CT molecular complexity index is 448. The Hall–Kier alpha value is -1.80. The largest absolute Gasteiger partial charge is 0.416 e.